The van der Waals surface area contributed by atoms with Gasteiger partial charge in [0, 0.05) is 18.8 Å². The van der Waals surface area contributed by atoms with Crippen LogP contribution in [0.4, 0.5) is 5.69 Å². The molecule has 0 aliphatic heterocycles. The molecule has 1 rings (SSSR count). The zero-order chi connectivity index (χ0) is 9.68. The van der Waals surface area contributed by atoms with E-state index in [0.717, 1.165) is 24.3 Å². The third-order valence-corrected chi connectivity index (χ3v) is 2.22. The number of nitrogen functional groups attached to an aromatic ring is 1. The van der Waals surface area contributed by atoms with Crippen molar-refractivity contribution in [3.05, 3.63) is 29.3 Å². The summed E-state index contributed by atoms with van der Waals surface area (Å²) in [6, 6.07) is 6.11. The van der Waals surface area contributed by atoms with Crippen LogP contribution in [0, 0.1) is 0 Å². The van der Waals surface area contributed by atoms with Crippen molar-refractivity contribution >= 4 is 24.5 Å². The van der Waals surface area contributed by atoms with Gasteiger partial charge in [0.2, 0.25) is 0 Å². The lowest BCUT2D eigenvalue weighted by Gasteiger charge is -2.07. The van der Waals surface area contributed by atoms with E-state index >= 15 is 0 Å². The minimum absolute atomic E-state index is 0.783. The van der Waals surface area contributed by atoms with Crippen LogP contribution in [0.15, 0.2) is 18.2 Å². The number of nitrogens with one attached hydrogen (secondary N) is 2. The first-order valence-corrected chi connectivity index (χ1v) is 5.17. The fourth-order valence-corrected chi connectivity index (χ4v) is 1.60. The van der Waals surface area contributed by atoms with Crippen LogP contribution in [-0.4, -0.2) is 0 Å². The highest BCUT2D eigenvalue weighted by molar-refractivity contribution is 7.13. The van der Waals surface area contributed by atoms with Crippen LogP contribution in [-0.2, 0) is 13.1 Å². The van der Waals surface area contributed by atoms with Crippen molar-refractivity contribution in [1.29, 1.82) is 0 Å². The van der Waals surface area contributed by atoms with E-state index in [9.17, 15) is 0 Å². The number of nitrogens with two attached hydrogens (primary N) is 1. The predicted octanol–water partition coefficient (Wildman–Crippen LogP) is 1.03. The van der Waals surface area contributed by atoms with E-state index in [-0.39, 0.29) is 0 Å². The summed E-state index contributed by atoms with van der Waals surface area (Å²) in [5.74, 6) is 0. The first-order chi connectivity index (χ1) is 6.27. The summed E-state index contributed by atoms with van der Waals surface area (Å²) in [4.78, 5) is 0. The molecule has 0 heterocycles. The van der Waals surface area contributed by atoms with Crippen molar-refractivity contribution in [2.45, 2.75) is 13.1 Å². The highest BCUT2D eigenvalue weighted by atomic mass is 31.0. The summed E-state index contributed by atoms with van der Waals surface area (Å²) >= 11 is 0. The number of rotatable bonds is 4. The molecule has 0 saturated heterocycles. The van der Waals surface area contributed by atoms with Crippen molar-refractivity contribution in [1.82, 2.24) is 10.2 Å². The lowest BCUT2D eigenvalue weighted by Crippen LogP contribution is -2.04. The minimum Gasteiger partial charge on any atom is -0.398 e. The van der Waals surface area contributed by atoms with Gasteiger partial charge in [-0.1, -0.05) is 30.9 Å². The van der Waals surface area contributed by atoms with Gasteiger partial charge in [-0.3, -0.25) is 10.2 Å². The second kappa shape index (κ2) is 5.51. The molecule has 2 unspecified atom stereocenters. The van der Waals surface area contributed by atoms with Gasteiger partial charge in [-0.2, -0.15) is 0 Å². The van der Waals surface area contributed by atoms with Gasteiger partial charge in [0.15, 0.2) is 0 Å². The Hall–Kier alpha value is -0.200. The van der Waals surface area contributed by atoms with Crippen LogP contribution in [0.5, 0.6) is 0 Å². The van der Waals surface area contributed by atoms with Gasteiger partial charge in [0.05, 0.1) is 0 Å². The fourth-order valence-electron chi connectivity index (χ4n) is 1.14. The molecule has 13 heavy (non-hydrogen) atoms. The van der Waals surface area contributed by atoms with Crippen molar-refractivity contribution in [3.8, 4) is 0 Å². The average molecular weight is 215 g/mol. The van der Waals surface area contributed by atoms with Crippen LogP contribution in [0.1, 0.15) is 11.1 Å². The fraction of sp³-hybridized carbons (Fsp3) is 0.250. The van der Waals surface area contributed by atoms with Crippen LogP contribution in [0.3, 0.4) is 0 Å². The molecule has 0 spiro atoms. The van der Waals surface area contributed by atoms with E-state index in [4.69, 9.17) is 5.73 Å². The summed E-state index contributed by atoms with van der Waals surface area (Å²) in [7, 11) is 4.93. The zero-order valence-electron chi connectivity index (χ0n) is 7.38. The topological polar surface area (TPSA) is 50.1 Å². The molecule has 4 N–H and O–H groups in total. The molecule has 3 nitrogen and oxygen atoms in total. The van der Waals surface area contributed by atoms with Gasteiger partial charge in [0.1, 0.15) is 0 Å². The highest BCUT2D eigenvalue weighted by Gasteiger charge is 1.98. The molecule has 0 aliphatic carbocycles. The third-order valence-electron chi connectivity index (χ3n) is 1.81. The predicted molar refractivity (Wildman–Crippen MR) is 64.0 cm³/mol. The molecule has 72 valence electrons. The van der Waals surface area contributed by atoms with E-state index in [1.165, 1.54) is 5.56 Å². The quantitative estimate of drug-likeness (QED) is 0.519. The number of hydrogen-bond acceptors (Lipinski definition) is 3. The molecule has 0 bridgehead atoms. The first-order valence-electron chi connectivity index (χ1n) is 4.02. The normalized spacial score (nSPS) is 10.3. The molecular weight excluding hydrogens is 200 g/mol. The van der Waals surface area contributed by atoms with Crippen molar-refractivity contribution in [2.24, 2.45) is 0 Å². The Morgan fingerprint density at radius 3 is 2.38 bits per heavy atom. The van der Waals surface area contributed by atoms with Gasteiger partial charge in [-0.05, 0) is 17.2 Å². The maximum Gasteiger partial charge on any atom is 0.0363 e. The minimum atomic E-state index is 0.783. The van der Waals surface area contributed by atoms with E-state index in [0.29, 0.717) is 0 Å². The third kappa shape index (κ3) is 3.21. The van der Waals surface area contributed by atoms with Crippen molar-refractivity contribution in [2.75, 3.05) is 5.73 Å². The molecule has 2 atom stereocenters. The molecule has 1 aromatic rings. The number of anilines is 1. The smallest absolute Gasteiger partial charge is 0.0363 e. The highest BCUT2D eigenvalue weighted by Crippen LogP contribution is 2.14. The number of hydrogen-bond donors (Lipinski definition) is 3. The molecule has 5 heteroatoms. The Morgan fingerprint density at radius 2 is 1.85 bits per heavy atom. The largest absolute Gasteiger partial charge is 0.398 e. The van der Waals surface area contributed by atoms with E-state index < -0.39 is 0 Å². The van der Waals surface area contributed by atoms with Gasteiger partial charge in [-0.25, -0.2) is 0 Å². The lowest BCUT2D eigenvalue weighted by molar-refractivity contribution is 0.957. The molecule has 0 radical (unpaired) electrons. The lowest BCUT2D eigenvalue weighted by atomic mass is 10.1. The van der Waals surface area contributed by atoms with Gasteiger partial charge < -0.3 is 5.73 Å². The Kier molecular flexibility index (Phi) is 4.61. The molecule has 1 aromatic carbocycles. The zero-order valence-corrected chi connectivity index (χ0v) is 9.69. The van der Waals surface area contributed by atoms with Gasteiger partial charge in [-0.15, -0.1) is 0 Å². The summed E-state index contributed by atoms with van der Waals surface area (Å²) in [6.07, 6.45) is 0. The second-order valence-electron chi connectivity index (χ2n) is 2.79. The molecular formula is C8H15N3P2. The van der Waals surface area contributed by atoms with E-state index in [1.807, 2.05) is 12.1 Å². The molecule has 0 saturated carbocycles. The van der Waals surface area contributed by atoms with Gasteiger partial charge in [0.25, 0.3) is 0 Å². The van der Waals surface area contributed by atoms with Crippen LogP contribution >= 0.6 is 18.8 Å². The SMILES string of the molecule is Nc1cc(CNP)ccc1CNP. The Balaban J connectivity index is 2.79. The average Bonchev–Trinajstić information content (AvgIpc) is 2.10. The molecule has 0 fully saturated rings. The summed E-state index contributed by atoms with van der Waals surface area (Å²) < 4.78 is 0. The summed E-state index contributed by atoms with van der Waals surface area (Å²) in [5, 5.41) is 6.00. The second-order valence-corrected chi connectivity index (χ2v) is 3.61. The Labute approximate surface area is 83.4 Å². The standard InChI is InChI=1S/C8H15N3P2/c9-8-3-6(4-10-12)1-2-7(8)5-11-13/h1-3,10-11H,4-5,9,12-13H2. The molecule has 0 aliphatic rings. The Bertz CT molecular complexity index is 278. The van der Waals surface area contributed by atoms with E-state index in [1.54, 1.807) is 0 Å². The molecule has 0 aromatic heterocycles. The van der Waals surface area contributed by atoms with E-state index in [2.05, 4.69) is 35.0 Å². The Morgan fingerprint density at radius 1 is 1.15 bits per heavy atom. The maximum absolute atomic E-state index is 5.85. The van der Waals surface area contributed by atoms with Crippen LogP contribution in [0.2, 0.25) is 0 Å². The number of benzene rings is 1. The van der Waals surface area contributed by atoms with Crippen molar-refractivity contribution < 1.29 is 0 Å². The van der Waals surface area contributed by atoms with Crippen LogP contribution < -0.4 is 15.9 Å². The van der Waals surface area contributed by atoms with Gasteiger partial charge >= 0.3 is 0 Å². The maximum atomic E-state index is 5.85. The summed E-state index contributed by atoms with van der Waals surface area (Å²) in [5.41, 5.74) is 9.02. The first kappa shape index (κ1) is 10.9. The summed E-state index contributed by atoms with van der Waals surface area (Å²) in [6.45, 7) is 1.61. The monoisotopic (exact) mass is 215 g/mol. The van der Waals surface area contributed by atoms with Crippen molar-refractivity contribution in [3.63, 3.8) is 0 Å². The molecule has 0 amide bonds. The van der Waals surface area contributed by atoms with Crippen LogP contribution in [0.25, 0.3) is 0 Å².